The van der Waals surface area contributed by atoms with E-state index in [9.17, 15) is 14.0 Å². The van der Waals surface area contributed by atoms with Gasteiger partial charge in [-0.3, -0.25) is 9.59 Å². The monoisotopic (exact) mass is 681 g/mol. The lowest BCUT2D eigenvalue weighted by Gasteiger charge is -2.44. The lowest BCUT2D eigenvalue weighted by atomic mass is 9.82. The van der Waals surface area contributed by atoms with Crippen LogP contribution in [-0.4, -0.2) is 66.0 Å². The molecular formula is C34H34BrClFN3O4. The van der Waals surface area contributed by atoms with E-state index in [0.29, 0.717) is 52.6 Å². The van der Waals surface area contributed by atoms with Gasteiger partial charge in [0.05, 0.1) is 10.5 Å². The van der Waals surface area contributed by atoms with Gasteiger partial charge in [0.2, 0.25) is 5.91 Å². The molecule has 1 N–H and O–H groups in total. The average molecular weight is 683 g/mol. The quantitative estimate of drug-likeness (QED) is 0.257. The second-order valence-corrected chi connectivity index (χ2v) is 12.7. The van der Waals surface area contributed by atoms with Gasteiger partial charge in [0, 0.05) is 55.3 Å². The number of nitrogens with zero attached hydrogens (tertiary/aromatic N) is 2. The molecule has 0 spiro atoms. The second kappa shape index (κ2) is 13.3. The summed E-state index contributed by atoms with van der Waals surface area (Å²) in [6, 6.07) is 19.7. The van der Waals surface area contributed by atoms with Crippen LogP contribution in [-0.2, 0) is 16.1 Å². The fraction of sp³-hybridized carbons (Fsp3) is 0.353. The third-order valence-electron chi connectivity index (χ3n) is 8.33. The SMILES string of the molecule is CC(=O)N1CC2CC(c3ccc(OCCOc4cc(F)ccc4Br)cc3)=C(C(=O)N(Cc3ccccc3Cl)C3CC3)C(C1)N2. The minimum Gasteiger partial charge on any atom is -0.490 e. The molecule has 3 aromatic carbocycles. The van der Waals surface area contributed by atoms with Crippen molar-refractivity contribution in [1.82, 2.24) is 15.1 Å². The zero-order chi connectivity index (χ0) is 30.8. The minimum absolute atomic E-state index is 0.00948. The van der Waals surface area contributed by atoms with Gasteiger partial charge < -0.3 is 24.6 Å². The molecule has 10 heteroatoms. The zero-order valence-corrected chi connectivity index (χ0v) is 26.7. The third-order valence-corrected chi connectivity index (χ3v) is 9.36. The summed E-state index contributed by atoms with van der Waals surface area (Å²) in [7, 11) is 0. The maximum atomic E-state index is 14.5. The standard InChI is InChI=1S/C34H34BrClFN3O4/c1-21(41)39-19-25-17-28(22-6-11-27(12-7-22)43-14-15-44-32-16-24(37)8-13-29(32)35)33(31(20-39)38-25)34(42)40(26-9-10-26)18-23-4-2-3-5-30(23)36/h2-8,11-13,16,25-26,31,38H,9-10,14-15,17-20H2,1H3. The molecule has 2 amide bonds. The molecule has 1 saturated carbocycles. The first-order valence-corrected chi connectivity index (χ1v) is 16.0. The highest BCUT2D eigenvalue weighted by Gasteiger charge is 2.43. The number of hydrogen-bond acceptors (Lipinski definition) is 5. The van der Waals surface area contributed by atoms with Gasteiger partial charge in [-0.05, 0) is 82.2 Å². The maximum absolute atomic E-state index is 14.5. The Morgan fingerprint density at radius 3 is 2.52 bits per heavy atom. The van der Waals surface area contributed by atoms with E-state index in [-0.39, 0.29) is 49.0 Å². The van der Waals surface area contributed by atoms with E-state index >= 15 is 0 Å². The molecule has 1 aliphatic carbocycles. The van der Waals surface area contributed by atoms with Crippen LogP contribution in [0.4, 0.5) is 4.39 Å². The number of carbonyl (C=O) groups is 2. The lowest BCUT2D eigenvalue weighted by molar-refractivity contribution is -0.132. The number of halogens is 3. The van der Waals surface area contributed by atoms with Crippen molar-refractivity contribution in [2.45, 2.75) is 50.9 Å². The van der Waals surface area contributed by atoms with Crippen LogP contribution in [0.1, 0.15) is 37.3 Å². The van der Waals surface area contributed by atoms with Crippen molar-refractivity contribution >= 4 is 44.9 Å². The van der Waals surface area contributed by atoms with Crippen LogP contribution >= 0.6 is 27.5 Å². The summed E-state index contributed by atoms with van der Waals surface area (Å²) in [5.74, 6) is 0.723. The van der Waals surface area contributed by atoms with Crippen LogP contribution in [0.5, 0.6) is 11.5 Å². The highest BCUT2D eigenvalue weighted by molar-refractivity contribution is 9.10. The molecule has 1 saturated heterocycles. The van der Waals surface area contributed by atoms with Crippen molar-refractivity contribution in [2.24, 2.45) is 0 Å². The lowest BCUT2D eigenvalue weighted by Crippen LogP contribution is -2.61. The molecule has 6 rings (SSSR count). The van der Waals surface area contributed by atoms with Crippen molar-refractivity contribution in [1.29, 1.82) is 0 Å². The van der Waals surface area contributed by atoms with Crippen LogP contribution in [0.15, 0.2) is 76.8 Å². The topological polar surface area (TPSA) is 71.1 Å². The summed E-state index contributed by atoms with van der Waals surface area (Å²) in [6.07, 6.45) is 2.55. The highest BCUT2D eigenvalue weighted by Crippen LogP contribution is 2.38. The predicted octanol–water partition coefficient (Wildman–Crippen LogP) is 6.24. The largest absolute Gasteiger partial charge is 0.490 e. The van der Waals surface area contributed by atoms with E-state index in [0.717, 1.165) is 29.5 Å². The van der Waals surface area contributed by atoms with Crippen molar-refractivity contribution in [3.05, 3.63) is 98.7 Å². The Labute approximate surface area is 270 Å². The van der Waals surface area contributed by atoms with Crippen molar-refractivity contribution < 1.29 is 23.5 Å². The number of carbonyl (C=O) groups excluding carboxylic acids is 2. The molecule has 2 atom stereocenters. The van der Waals surface area contributed by atoms with Gasteiger partial charge in [0.15, 0.2) is 0 Å². The van der Waals surface area contributed by atoms with Gasteiger partial charge in [-0.2, -0.15) is 0 Å². The zero-order valence-electron chi connectivity index (χ0n) is 24.4. The molecule has 230 valence electrons. The summed E-state index contributed by atoms with van der Waals surface area (Å²) < 4.78 is 25.8. The van der Waals surface area contributed by atoms with Crippen molar-refractivity contribution in [3.8, 4) is 11.5 Å². The van der Waals surface area contributed by atoms with Crippen LogP contribution in [0.25, 0.3) is 5.57 Å². The van der Waals surface area contributed by atoms with Crippen LogP contribution in [0.2, 0.25) is 5.02 Å². The minimum atomic E-state index is -0.368. The molecule has 2 bridgehead atoms. The Bertz CT molecular complexity index is 1580. The summed E-state index contributed by atoms with van der Waals surface area (Å²) in [4.78, 5) is 30.6. The second-order valence-electron chi connectivity index (χ2n) is 11.5. The summed E-state index contributed by atoms with van der Waals surface area (Å²) in [5, 5.41) is 4.28. The molecule has 2 aliphatic heterocycles. The number of rotatable bonds is 10. The molecule has 3 aliphatic rings. The number of benzene rings is 3. The smallest absolute Gasteiger partial charge is 0.252 e. The van der Waals surface area contributed by atoms with E-state index < -0.39 is 0 Å². The van der Waals surface area contributed by atoms with Crippen LogP contribution < -0.4 is 14.8 Å². The number of piperazine rings is 1. The number of ether oxygens (including phenoxy) is 2. The Kier molecular flexibility index (Phi) is 9.26. The van der Waals surface area contributed by atoms with E-state index in [4.69, 9.17) is 21.1 Å². The normalized spacial score (nSPS) is 19.5. The molecule has 2 fully saturated rings. The molecular weight excluding hydrogens is 649 g/mol. The first-order valence-electron chi connectivity index (χ1n) is 14.9. The fourth-order valence-corrected chi connectivity index (χ4v) is 6.55. The number of hydrogen-bond donors (Lipinski definition) is 1. The molecule has 7 nitrogen and oxygen atoms in total. The van der Waals surface area contributed by atoms with Gasteiger partial charge in [0.25, 0.3) is 5.91 Å². The Hall–Kier alpha value is -3.40. The van der Waals surface area contributed by atoms with E-state index in [1.165, 1.54) is 12.1 Å². The van der Waals surface area contributed by atoms with Gasteiger partial charge in [-0.25, -0.2) is 4.39 Å². The molecule has 0 aromatic heterocycles. The highest BCUT2D eigenvalue weighted by atomic mass is 79.9. The van der Waals surface area contributed by atoms with Gasteiger partial charge in [-0.1, -0.05) is 41.9 Å². The number of fused-ring (bicyclic) bond motifs is 2. The molecule has 44 heavy (non-hydrogen) atoms. The predicted molar refractivity (Wildman–Crippen MR) is 171 cm³/mol. The Balaban J connectivity index is 1.23. The van der Waals surface area contributed by atoms with Crippen LogP contribution in [0.3, 0.4) is 0 Å². The first-order chi connectivity index (χ1) is 21.3. The summed E-state index contributed by atoms with van der Waals surface area (Å²) in [5.41, 5.74) is 3.60. The first kappa shape index (κ1) is 30.6. The summed E-state index contributed by atoms with van der Waals surface area (Å²) >= 11 is 9.87. The van der Waals surface area contributed by atoms with Gasteiger partial charge in [0.1, 0.15) is 30.5 Å². The Morgan fingerprint density at radius 1 is 1.05 bits per heavy atom. The van der Waals surface area contributed by atoms with E-state index in [1.807, 2.05) is 58.3 Å². The van der Waals surface area contributed by atoms with E-state index in [1.54, 1.807) is 13.0 Å². The third kappa shape index (κ3) is 6.95. The Morgan fingerprint density at radius 2 is 1.80 bits per heavy atom. The number of nitrogens with one attached hydrogen (secondary N) is 1. The average Bonchev–Trinajstić information content (AvgIpc) is 3.85. The fourth-order valence-electron chi connectivity index (χ4n) is 5.99. The van der Waals surface area contributed by atoms with Crippen molar-refractivity contribution in [2.75, 3.05) is 26.3 Å². The molecule has 3 aromatic rings. The number of amides is 2. The molecule has 0 radical (unpaired) electrons. The summed E-state index contributed by atoms with van der Waals surface area (Å²) in [6.45, 7) is 3.60. The molecule has 2 unspecified atom stereocenters. The molecule has 2 heterocycles. The van der Waals surface area contributed by atoms with Gasteiger partial charge in [-0.15, -0.1) is 0 Å². The maximum Gasteiger partial charge on any atom is 0.252 e. The van der Waals surface area contributed by atoms with E-state index in [2.05, 4.69) is 21.2 Å². The van der Waals surface area contributed by atoms with Crippen molar-refractivity contribution in [3.63, 3.8) is 0 Å². The van der Waals surface area contributed by atoms with Gasteiger partial charge >= 0.3 is 0 Å². The van der Waals surface area contributed by atoms with Crippen LogP contribution in [0, 0.1) is 5.82 Å².